The van der Waals surface area contributed by atoms with E-state index in [0.29, 0.717) is 31.1 Å². The number of hydrogen-bond acceptors (Lipinski definition) is 4. The normalized spacial score (nSPS) is 10.4. The molecule has 0 unspecified atom stereocenters. The van der Waals surface area contributed by atoms with Gasteiger partial charge in [0.25, 0.3) is 5.91 Å². The number of methoxy groups -OCH3 is 1. The minimum absolute atomic E-state index is 0.166. The van der Waals surface area contributed by atoms with Crippen LogP contribution in [0, 0.1) is 6.92 Å². The highest BCUT2D eigenvalue weighted by atomic mass is 16.5. The Kier molecular flexibility index (Phi) is 7.33. The number of carbonyl (C=O) groups is 1. The fraction of sp³-hybridized carbons (Fsp3) is 0.240. The van der Waals surface area contributed by atoms with E-state index >= 15 is 0 Å². The first kappa shape index (κ1) is 21.2. The van der Waals surface area contributed by atoms with Crippen LogP contribution in [0.2, 0.25) is 0 Å². The molecule has 0 bridgehead atoms. The summed E-state index contributed by atoms with van der Waals surface area (Å²) in [6.45, 7) is 5.18. The number of ether oxygens (including phenoxy) is 3. The van der Waals surface area contributed by atoms with Crippen LogP contribution in [-0.2, 0) is 13.2 Å². The molecule has 5 nitrogen and oxygen atoms in total. The second-order valence-electron chi connectivity index (χ2n) is 6.86. The van der Waals surface area contributed by atoms with Crippen molar-refractivity contribution in [1.29, 1.82) is 0 Å². The van der Waals surface area contributed by atoms with E-state index in [1.807, 2.05) is 74.5 Å². The highest BCUT2D eigenvalue weighted by Crippen LogP contribution is 2.24. The largest absolute Gasteiger partial charge is 0.496 e. The summed E-state index contributed by atoms with van der Waals surface area (Å²) in [7, 11) is 1.62. The Balaban J connectivity index is 1.72. The quantitative estimate of drug-likeness (QED) is 0.549. The summed E-state index contributed by atoms with van der Waals surface area (Å²) in [6.07, 6.45) is 0. The van der Waals surface area contributed by atoms with Gasteiger partial charge in [-0.1, -0.05) is 30.3 Å². The molecule has 156 valence electrons. The molecular weight excluding hydrogens is 378 g/mol. The van der Waals surface area contributed by atoms with Gasteiger partial charge in [-0.05, 0) is 55.8 Å². The van der Waals surface area contributed by atoms with Crippen LogP contribution in [0.1, 0.15) is 34.0 Å². The fourth-order valence-corrected chi connectivity index (χ4v) is 3.12. The maximum Gasteiger partial charge on any atom is 0.251 e. The Morgan fingerprint density at radius 3 is 2.50 bits per heavy atom. The standard InChI is InChI=1S/C25H27NO4/c1-4-29-24-13-12-19(15-21(24)17-30-22-10-7-8-18(2)14-22)25(27)26-16-20-9-5-6-11-23(20)28-3/h5-15H,4,16-17H2,1-3H3,(H,26,27). The van der Waals surface area contributed by atoms with Crippen molar-refractivity contribution in [3.8, 4) is 17.2 Å². The molecule has 3 rings (SSSR count). The van der Waals surface area contributed by atoms with Gasteiger partial charge in [-0.25, -0.2) is 0 Å². The van der Waals surface area contributed by atoms with E-state index in [1.54, 1.807) is 13.2 Å². The summed E-state index contributed by atoms with van der Waals surface area (Å²) in [5.41, 5.74) is 3.42. The van der Waals surface area contributed by atoms with E-state index in [0.717, 1.165) is 28.2 Å². The van der Waals surface area contributed by atoms with Crippen LogP contribution in [-0.4, -0.2) is 19.6 Å². The molecule has 0 aliphatic rings. The minimum atomic E-state index is -0.166. The second-order valence-corrected chi connectivity index (χ2v) is 6.86. The molecule has 0 radical (unpaired) electrons. The van der Waals surface area contributed by atoms with Gasteiger partial charge < -0.3 is 19.5 Å². The Morgan fingerprint density at radius 2 is 1.73 bits per heavy atom. The zero-order valence-corrected chi connectivity index (χ0v) is 17.6. The SMILES string of the molecule is CCOc1ccc(C(=O)NCc2ccccc2OC)cc1COc1cccc(C)c1. The van der Waals surface area contributed by atoms with Crippen LogP contribution in [0.4, 0.5) is 0 Å². The number of para-hydroxylation sites is 1. The van der Waals surface area contributed by atoms with Gasteiger partial charge in [0, 0.05) is 23.2 Å². The summed E-state index contributed by atoms with van der Waals surface area (Å²) in [6, 6.07) is 20.9. The van der Waals surface area contributed by atoms with Gasteiger partial charge in [0.15, 0.2) is 0 Å². The monoisotopic (exact) mass is 405 g/mol. The lowest BCUT2D eigenvalue weighted by molar-refractivity contribution is 0.0950. The molecular formula is C25H27NO4. The van der Waals surface area contributed by atoms with Crippen molar-refractivity contribution in [3.05, 3.63) is 89.0 Å². The van der Waals surface area contributed by atoms with Crippen LogP contribution >= 0.6 is 0 Å². The molecule has 0 aliphatic carbocycles. The van der Waals surface area contributed by atoms with Gasteiger partial charge in [-0.2, -0.15) is 0 Å². The Labute approximate surface area is 177 Å². The molecule has 1 N–H and O–H groups in total. The molecule has 1 amide bonds. The van der Waals surface area contributed by atoms with Crippen molar-refractivity contribution < 1.29 is 19.0 Å². The lowest BCUT2D eigenvalue weighted by atomic mass is 10.1. The van der Waals surface area contributed by atoms with E-state index < -0.39 is 0 Å². The van der Waals surface area contributed by atoms with Crippen molar-refractivity contribution in [3.63, 3.8) is 0 Å². The number of rotatable bonds is 9. The molecule has 0 spiro atoms. The summed E-state index contributed by atoms with van der Waals surface area (Å²) < 4.78 is 17.0. The van der Waals surface area contributed by atoms with Crippen molar-refractivity contribution in [1.82, 2.24) is 5.32 Å². The first-order valence-electron chi connectivity index (χ1n) is 9.96. The zero-order valence-electron chi connectivity index (χ0n) is 17.6. The van der Waals surface area contributed by atoms with Crippen molar-refractivity contribution in [2.45, 2.75) is 27.0 Å². The molecule has 0 heterocycles. The number of nitrogens with one attached hydrogen (secondary N) is 1. The van der Waals surface area contributed by atoms with Crippen LogP contribution in [0.3, 0.4) is 0 Å². The Bertz CT molecular complexity index is 1000. The fourth-order valence-electron chi connectivity index (χ4n) is 3.12. The number of amides is 1. The van der Waals surface area contributed by atoms with E-state index in [2.05, 4.69) is 5.32 Å². The van der Waals surface area contributed by atoms with Gasteiger partial charge in [-0.15, -0.1) is 0 Å². The van der Waals surface area contributed by atoms with Crippen LogP contribution < -0.4 is 19.5 Å². The molecule has 5 heteroatoms. The number of aryl methyl sites for hydroxylation is 1. The Morgan fingerprint density at radius 1 is 0.900 bits per heavy atom. The summed E-state index contributed by atoms with van der Waals surface area (Å²) in [5, 5.41) is 2.95. The summed E-state index contributed by atoms with van der Waals surface area (Å²) in [4.78, 5) is 12.7. The van der Waals surface area contributed by atoms with E-state index in [9.17, 15) is 4.79 Å². The molecule has 3 aromatic rings. The Hall–Kier alpha value is -3.47. The maximum atomic E-state index is 12.7. The zero-order chi connectivity index (χ0) is 21.3. The summed E-state index contributed by atoms with van der Waals surface area (Å²) >= 11 is 0. The van der Waals surface area contributed by atoms with Crippen molar-refractivity contribution >= 4 is 5.91 Å². The predicted molar refractivity (Wildman–Crippen MR) is 117 cm³/mol. The van der Waals surface area contributed by atoms with Gasteiger partial charge in [0.1, 0.15) is 23.9 Å². The average Bonchev–Trinajstić information content (AvgIpc) is 2.77. The first-order valence-corrected chi connectivity index (χ1v) is 9.96. The molecule has 0 saturated carbocycles. The molecule has 30 heavy (non-hydrogen) atoms. The van der Waals surface area contributed by atoms with Crippen LogP contribution in [0.25, 0.3) is 0 Å². The molecule has 0 aliphatic heterocycles. The third-order valence-electron chi connectivity index (χ3n) is 4.64. The molecule has 0 fully saturated rings. The second kappa shape index (κ2) is 10.3. The van der Waals surface area contributed by atoms with E-state index in [1.165, 1.54) is 0 Å². The van der Waals surface area contributed by atoms with Gasteiger partial charge in [0.2, 0.25) is 0 Å². The average molecular weight is 405 g/mol. The molecule has 0 aromatic heterocycles. The lowest BCUT2D eigenvalue weighted by Crippen LogP contribution is -2.23. The smallest absolute Gasteiger partial charge is 0.251 e. The van der Waals surface area contributed by atoms with Gasteiger partial charge >= 0.3 is 0 Å². The van der Waals surface area contributed by atoms with Crippen molar-refractivity contribution in [2.24, 2.45) is 0 Å². The van der Waals surface area contributed by atoms with E-state index in [-0.39, 0.29) is 5.91 Å². The number of benzene rings is 3. The van der Waals surface area contributed by atoms with Crippen molar-refractivity contribution in [2.75, 3.05) is 13.7 Å². The first-order chi connectivity index (χ1) is 14.6. The predicted octanol–water partition coefficient (Wildman–Crippen LogP) is 4.91. The highest BCUT2D eigenvalue weighted by molar-refractivity contribution is 5.94. The third kappa shape index (κ3) is 5.54. The third-order valence-corrected chi connectivity index (χ3v) is 4.64. The van der Waals surface area contributed by atoms with Crippen LogP contribution in [0.15, 0.2) is 66.7 Å². The van der Waals surface area contributed by atoms with Crippen LogP contribution in [0.5, 0.6) is 17.2 Å². The molecule has 3 aromatic carbocycles. The minimum Gasteiger partial charge on any atom is -0.496 e. The summed E-state index contributed by atoms with van der Waals surface area (Å²) in [5.74, 6) is 2.08. The maximum absolute atomic E-state index is 12.7. The highest BCUT2D eigenvalue weighted by Gasteiger charge is 2.12. The van der Waals surface area contributed by atoms with E-state index in [4.69, 9.17) is 14.2 Å². The molecule has 0 saturated heterocycles. The van der Waals surface area contributed by atoms with Gasteiger partial charge in [-0.3, -0.25) is 4.79 Å². The topological polar surface area (TPSA) is 56.8 Å². The molecule has 0 atom stereocenters. The number of hydrogen-bond donors (Lipinski definition) is 1. The lowest BCUT2D eigenvalue weighted by Gasteiger charge is -2.14. The number of carbonyl (C=O) groups excluding carboxylic acids is 1. The van der Waals surface area contributed by atoms with Gasteiger partial charge in [0.05, 0.1) is 13.7 Å².